The number of aromatic nitrogens is 1. The first-order valence-electron chi connectivity index (χ1n) is 13.0. The topological polar surface area (TPSA) is 104 Å². The Morgan fingerprint density at radius 1 is 1.16 bits per heavy atom. The van der Waals surface area contributed by atoms with E-state index >= 15 is 0 Å². The van der Waals surface area contributed by atoms with Crippen molar-refractivity contribution in [3.8, 4) is 0 Å². The molecule has 1 aromatic carbocycles. The number of fused-ring (bicyclic) bond motifs is 1. The monoisotopic (exact) mass is 548 g/mol. The van der Waals surface area contributed by atoms with E-state index in [1.54, 1.807) is 18.2 Å². The first-order chi connectivity index (χ1) is 17.9. The molecule has 0 radical (unpaired) electrons. The Bertz CT molecular complexity index is 1100. The molecule has 1 unspecified atom stereocenters. The number of carbonyl (C=O) groups is 2. The van der Waals surface area contributed by atoms with Crippen LogP contribution in [-0.4, -0.2) is 58.8 Å². The molecule has 10 heteroatoms. The van der Waals surface area contributed by atoms with Crippen LogP contribution in [-0.2, 0) is 29.0 Å². The molecule has 4 rings (SSSR count). The molecule has 0 spiro atoms. The number of carboxylic acid groups (broad SMARTS) is 1. The van der Waals surface area contributed by atoms with Crippen molar-refractivity contribution in [2.75, 3.05) is 25.0 Å². The third kappa shape index (κ3) is 8.48. The van der Waals surface area contributed by atoms with Crippen molar-refractivity contribution in [2.45, 2.75) is 70.1 Å². The lowest BCUT2D eigenvalue weighted by Crippen LogP contribution is -2.43. The molecule has 2 aliphatic rings. The number of rotatable bonds is 13. The van der Waals surface area contributed by atoms with Gasteiger partial charge in [-0.2, -0.15) is 0 Å². The van der Waals surface area contributed by atoms with Crippen molar-refractivity contribution < 1.29 is 19.4 Å². The van der Waals surface area contributed by atoms with Gasteiger partial charge in [0.1, 0.15) is 18.5 Å². The van der Waals surface area contributed by atoms with Gasteiger partial charge in [0.15, 0.2) is 0 Å². The summed E-state index contributed by atoms with van der Waals surface area (Å²) in [7, 11) is 0. The highest BCUT2D eigenvalue weighted by Crippen LogP contribution is 2.28. The second-order valence-corrected chi connectivity index (χ2v) is 10.5. The number of anilines is 1. The number of halogens is 2. The molecule has 8 nitrogen and oxygen atoms in total. The van der Waals surface area contributed by atoms with Gasteiger partial charge in [-0.25, -0.2) is 14.6 Å². The van der Waals surface area contributed by atoms with E-state index in [0.717, 1.165) is 69.5 Å². The van der Waals surface area contributed by atoms with Gasteiger partial charge in [-0.3, -0.25) is 0 Å². The molecule has 0 bridgehead atoms. The van der Waals surface area contributed by atoms with Gasteiger partial charge in [-0.05, 0) is 87.2 Å². The number of nitrogens with one attached hydrogen (secondary N) is 2. The Labute approximate surface area is 227 Å². The quantitative estimate of drug-likeness (QED) is 0.291. The van der Waals surface area contributed by atoms with Gasteiger partial charge in [0.25, 0.3) is 0 Å². The maximum Gasteiger partial charge on any atom is 0.408 e. The third-order valence-corrected chi connectivity index (χ3v) is 7.53. The number of nitrogens with zero attached hydrogens (tertiary/aromatic N) is 2. The van der Waals surface area contributed by atoms with Gasteiger partial charge in [-0.15, -0.1) is 0 Å². The van der Waals surface area contributed by atoms with Gasteiger partial charge in [0.05, 0.1) is 10.0 Å². The number of hydrogen-bond acceptors (Lipinski definition) is 6. The fourth-order valence-corrected chi connectivity index (χ4v) is 4.88. The minimum atomic E-state index is -1.07. The van der Waals surface area contributed by atoms with E-state index in [1.165, 1.54) is 5.56 Å². The average molecular weight is 549 g/mol. The summed E-state index contributed by atoms with van der Waals surface area (Å²) in [5.41, 5.74) is 3.08. The van der Waals surface area contributed by atoms with E-state index < -0.39 is 18.1 Å². The molecule has 1 atom stereocenters. The second kappa shape index (κ2) is 13.3. The Morgan fingerprint density at radius 3 is 2.76 bits per heavy atom. The number of carboxylic acids is 1. The van der Waals surface area contributed by atoms with Gasteiger partial charge in [-0.1, -0.05) is 35.3 Å². The number of pyridine rings is 1. The number of amides is 1. The number of benzene rings is 1. The summed E-state index contributed by atoms with van der Waals surface area (Å²) in [6.45, 7) is 2.47. The Kier molecular flexibility index (Phi) is 9.88. The number of unbranched alkanes of at least 4 members (excludes halogenated alkanes) is 1. The molecular formula is C27H34Cl2N4O4. The maximum atomic E-state index is 12.2. The van der Waals surface area contributed by atoms with Gasteiger partial charge >= 0.3 is 12.1 Å². The zero-order valence-electron chi connectivity index (χ0n) is 20.8. The van der Waals surface area contributed by atoms with Gasteiger partial charge in [0.2, 0.25) is 0 Å². The van der Waals surface area contributed by atoms with Crippen molar-refractivity contribution in [1.82, 2.24) is 15.2 Å². The fraction of sp³-hybridized carbons (Fsp3) is 0.519. The standard InChI is InChI=1S/C27H34Cl2N4O4/c28-22-11-6-18(16-23(22)29)17-37-27(36)32-24(26(34)35)12-15-33(21-9-10-21)14-2-1-5-20-8-7-19-4-3-13-30-25(19)31-20/h6-8,11,16,21,24H,1-5,9-10,12-15,17H2,(H,30,31)(H,32,36)(H,34,35). The maximum absolute atomic E-state index is 12.2. The summed E-state index contributed by atoms with van der Waals surface area (Å²) in [4.78, 5) is 31.1. The molecule has 1 saturated carbocycles. The van der Waals surface area contributed by atoms with Crippen LogP contribution in [0, 0.1) is 0 Å². The normalized spacial score (nSPS) is 15.5. The summed E-state index contributed by atoms with van der Waals surface area (Å²) in [6, 6.07) is 8.73. The first-order valence-corrected chi connectivity index (χ1v) is 13.7. The molecule has 200 valence electrons. The minimum Gasteiger partial charge on any atom is -0.480 e. The fourth-order valence-electron chi connectivity index (χ4n) is 4.56. The summed E-state index contributed by atoms with van der Waals surface area (Å²) in [5.74, 6) is -0.0413. The molecule has 2 aromatic rings. The van der Waals surface area contributed by atoms with Crippen LogP contribution in [0.5, 0.6) is 0 Å². The van der Waals surface area contributed by atoms with Crippen LogP contribution >= 0.6 is 23.2 Å². The lowest BCUT2D eigenvalue weighted by atomic mass is 10.1. The van der Waals surface area contributed by atoms with Gasteiger partial charge < -0.3 is 25.4 Å². The average Bonchev–Trinajstić information content (AvgIpc) is 3.73. The van der Waals surface area contributed by atoms with Crippen molar-refractivity contribution >= 4 is 41.1 Å². The minimum absolute atomic E-state index is 0.0294. The van der Waals surface area contributed by atoms with E-state index in [2.05, 4.69) is 27.7 Å². The molecular weight excluding hydrogens is 515 g/mol. The van der Waals surface area contributed by atoms with Crippen molar-refractivity contribution in [3.05, 3.63) is 57.2 Å². The van der Waals surface area contributed by atoms with E-state index in [4.69, 9.17) is 32.9 Å². The third-order valence-electron chi connectivity index (χ3n) is 6.79. The van der Waals surface area contributed by atoms with Crippen molar-refractivity contribution in [1.29, 1.82) is 0 Å². The Hall–Kier alpha value is -2.55. The molecule has 0 saturated heterocycles. The van der Waals surface area contributed by atoms with Crippen LogP contribution in [0.4, 0.5) is 10.6 Å². The highest BCUT2D eigenvalue weighted by Gasteiger charge is 2.30. The lowest BCUT2D eigenvalue weighted by molar-refractivity contribution is -0.139. The predicted octanol–water partition coefficient (Wildman–Crippen LogP) is 5.30. The number of ether oxygens (including phenoxy) is 1. The molecule has 1 aromatic heterocycles. The zero-order chi connectivity index (χ0) is 26.2. The van der Waals surface area contributed by atoms with Gasteiger partial charge in [0, 0.05) is 24.8 Å². The molecule has 2 heterocycles. The van der Waals surface area contributed by atoms with Crippen LogP contribution in [0.3, 0.4) is 0 Å². The highest BCUT2D eigenvalue weighted by molar-refractivity contribution is 6.42. The van der Waals surface area contributed by atoms with Crippen molar-refractivity contribution in [2.24, 2.45) is 0 Å². The van der Waals surface area contributed by atoms with Crippen LogP contribution in [0.1, 0.15) is 55.3 Å². The van der Waals surface area contributed by atoms with E-state index in [-0.39, 0.29) is 6.61 Å². The van der Waals surface area contributed by atoms with E-state index in [1.807, 2.05) is 0 Å². The molecule has 1 aliphatic carbocycles. The summed E-state index contributed by atoms with van der Waals surface area (Å²) in [5, 5.41) is 16.3. The predicted molar refractivity (Wildman–Crippen MR) is 144 cm³/mol. The lowest BCUT2D eigenvalue weighted by Gasteiger charge is -2.24. The van der Waals surface area contributed by atoms with Crippen LogP contribution < -0.4 is 10.6 Å². The molecule has 3 N–H and O–H groups in total. The SMILES string of the molecule is O=C(NC(CCN(CCCCc1ccc2c(n1)NCCC2)C1CC1)C(=O)O)OCc1ccc(Cl)c(Cl)c1. The van der Waals surface area contributed by atoms with Crippen LogP contribution in [0.2, 0.25) is 10.0 Å². The van der Waals surface area contributed by atoms with Crippen LogP contribution in [0.15, 0.2) is 30.3 Å². The number of aliphatic carboxylic acids is 1. The number of hydrogen-bond donors (Lipinski definition) is 3. The molecule has 1 fully saturated rings. The molecule has 1 aliphatic heterocycles. The molecule has 37 heavy (non-hydrogen) atoms. The first kappa shape index (κ1) is 27.5. The number of aryl methyl sites for hydroxylation is 2. The van der Waals surface area contributed by atoms with E-state index in [9.17, 15) is 14.7 Å². The smallest absolute Gasteiger partial charge is 0.408 e. The number of carbonyl (C=O) groups excluding carboxylic acids is 1. The van der Waals surface area contributed by atoms with Crippen molar-refractivity contribution in [3.63, 3.8) is 0 Å². The second-order valence-electron chi connectivity index (χ2n) is 9.71. The largest absolute Gasteiger partial charge is 0.480 e. The Balaban J connectivity index is 1.19. The van der Waals surface area contributed by atoms with Crippen LogP contribution in [0.25, 0.3) is 0 Å². The highest BCUT2D eigenvalue weighted by atomic mass is 35.5. The molecule has 1 amide bonds. The number of alkyl carbamates (subject to hydrolysis) is 1. The summed E-state index contributed by atoms with van der Waals surface area (Å²) < 4.78 is 5.19. The summed E-state index contributed by atoms with van der Waals surface area (Å²) >= 11 is 11.9. The van der Waals surface area contributed by atoms with E-state index in [0.29, 0.717) is 34.6 Å². The Morgan fingerprint density at radius 2 is 2.00 bits per heavy atom. The summed E-state index contributed by atoms with van der Waals surface area (Å²) in [6.07, 6.45) is 7.02. The zero-order valence-corrected chi connectivity index (χ0v) is 22.4.